The number of hydrogen-bond acceptors (Lipinski definition) is 9. The van der Waals surface area contributed by atoms with E-state index in [0.29, 0.717) is 45.2 Å². The van der Waals surface area contributed by atoms with Crippen molar-refractivity contribution >= 4 is 55.7 Å². The van der Waals surface area contributed by atoms with Gasteiger partial charge in [-0.05, 0) is 88.8 Å². The molecule has 0 unspecified atom stereocenters. The molecule has 9 nitrogen and oxygen atoms in total. The van der Waals surface area contributed by atoms with Crippen LogP contribution in [0.3, 0.4) is 0 Å². The highest BCUT2D eigenvalue weighted by atomic mass is 79.9. The minimum absolute atomic E-state index is 0.0618. The first kappa shape index (κ1) is 30.6. The Kier molecular flexibility index (Phi) is 8.00. The first-order valence-electron chi connectivity index (χ1n) is 14.7. The van der Waals surface area contributed by atoms with Crippen LogP contribution in [0, 0.1) is 17.3 Å². The fourth-order valence-electron chi connectivity index (χ4n) is 6.56. The predicted octanol–water partition coefficient (Wildman–Crippen LogP) is 6.60. The fraction of sp³-hybridized carbons (Fsp3) is 0.424. The smallest absolute Gasteiger partial charge is 0.341 e. The quantitative estimate of drug-likeness (QED) is 0.229. The number of rotatable bonds is 6. The van der Waals surface area contributed by atoms with Gasteiger partial charge in [0.2, 0.25) is 5.91 Å². The number of thiophene rings is 1. The molecule has 1 aliphatic carbocycles. The van der Waals surface area contributed by atoms with Gasteiger partial charge in [-0.1, -0.05) is 39.0 Å². The number of benzene rings is 2. The zero-order chi connectivity index (χ0) is 31.5. The van der Waals surface area contributed by atoms with Crippen LogP contribution in [-0.4, -0.2) is 42.7 Å². The van der Waals surface area contributed by atoms with Gasteiger partial charge in [0.05, 0.1) is 35.5 Å². The molecule has 2 amide bonds. The molecule has 1 N–H and O–H groups in total. The summed E-state index contributed by atoms with van der Waals surface area (Å²) in [7, 11) is 1.31. The molecule has 2 aliphatic heterocycles. The third kappa shape index (κ3) is 4.98. The predicted molar refractivity (Wildman–Crippen MR) is 170 cm³/mol. The van der Waals surface area contributed by atoms with Crippen LogP contribution in [0.5, 0.6) is 11.5 Å². The lowest BCUT2D eigenvalue weighted by atomic mass is 9.72. The van der Waals surface area contributed by atoms with Crippen LogP contribution in [0.1, 0.15) is 66.5 Å². The van der Waals surface area contributed by atoms with Crippen molar-refractivity contribution in [2.24, 2.45) is 17.3 Å². The van der Waals surface area contributed by atoms with Crippen molar-refractivity contribution in [3.05, 3.63) is 68.5 Å². The second kappa shape index (κ2) is 11.5. The Balaban J connectivity index is 1.45. The van der Waals surface area contributed by atoms with Gasteiger partial charge in [0.15, 0.2) is 17.6 Å². The molecule has 44 heavy (non-hydrogen) atoms. The minimum Gasteiger partial charge on any atom is -0.503 e. The van der Waals surface area contributed by atoms with E-state index in [1.165, 1.54) is 18.4 Å². The summed E-state index contributed by atoms with van der Waals surface area (Å²) in [6.07, 6.45) is 1.21. The summed E-state index contributed by atoms with van der Waals surface area (Å²) in [5.41, 5.74) is 2.51. The van der Waals surface area contributed by atoms with Crippen LogP contribution in [0.15, 0.2) is 46.9 Å². The number of hydrogen-bond donors (Lipinski definition) is 1. The summed E-state index contributed by atoms with van der Waals surface area (Å²) in [6.45, 7) is 8.76. The monoisotopic (exact) mass is 682 g/mol. The van der Waals surface area contributed by atoms with Crippen molar-refractivity contribution in [3.63, 3.8) is 0 Å². The highest BCUT2D eigenvalue weighted by Crippen LogP contribution is 2.52. The molecule has 11 heteroatoms. The average molecular weight is 684 g/mol. The van der Waals surface area contributed by atoms with Crippen LogP contribution in [0.4, 0.5) is 10.7 Å². The van der Waals surface area contributed by atoms with Gasteiger partial charge in [-0.25, -0.2) is 14.8 Å². The molecular weight excluding hydrogens is 648 g/mol. The molecule has 3 heterocycles. The lowest BCUT2D eigenvalue weighted by Gasteiger charge is -2.33. The summed E-state index contributed by atoms with van der Waals surface area (Å²) < 4.78 is 11.3. The van der Waals surface area contributed by atoms with Crippen molar-refractivity contribution < 1.29 is 33.8 Å². The summed E-state index contributed by atoms with van der Waals surface area (Å²) >= 11 is 4.75. The number of nitrogens with zero attached hydrogens (tertiary/aromatic N) is 2. The van der Waals surface area contributed by atoms with E-state index in [2.05, 4.69) is 36.7 Å². The van der Waals surface area contributed by atoms with Crippen LogP contribution in [0.25, 0.3) is 0 Å². The second-order valence-electron chi connectivity index (χ2n) is 12.4. The number of methoxy groups -OCH3 is 1. The van der Waals surface area contributed by atoms with Crippen molar-refractivity contribution in [2.45, 2.75) is 59.1 Å². The molecular formula is C33H35BrN2O7S. The summed E-state index contributed by atoms with van der Waals surface area (Å²) in [5, 5.41) is 12.5. The first-order valence-corrected chi connectivity index (χ1v) is 16.3. The molecule has 3 aliphatic rings. The Hall–Kier alpha value is -3.41. The molecule has 0 radical (unpaired) electrons. The minimum atomic E-state index is -1.12. The third-order valence-electron chi connectivity index (χ3n) is 8.88. The summed E-state index contributed by atoms with van der Waals surface area (Å²) in [4.78, 5) is 50.3. The van der Waals surface area contributed by atoms with Gasteiger partial charge >= 0.3 is 5.97 Å². The lowest BCUT2D eigenvalue weighted by molar-refractivity contribution is -0.126. The Morgan fingerprint density at radius 2 is 1.89 bits per heavy atom. The van der Waals surface area contributed by atoms with E-state index in [0.717, 1.165) is 28.2 Å². The van der Waals surface area contributed by atoms with E-state index in [-0.39, 0.29) is 16.9 Å². The first-order chi connectivity index (χ1) is 21.0. The normalized spacial score (nSPS) is 23.1. The number of amides is 2. The van der Waals surface area contributed by atoms with Crippen molar-refractivity contribution in [1.29, 1.82) is 0 Å². The fourth-order valence-corrected chi connectivity index (χ4v) is 8.45. The lowest BCUT2D eigenvalue weighted by Crippen LogP contribution is -2.37. The zero-order valence-corrected chi connectivity index (χ0v) is 27.7. The van der Waals surface area contributed by atoms with Gasteiger partial charge in [-0.15, -0.1) is 11.3 Å². The largest absolute Gasteiger partial charge is 0.503 e. The van der Waals surface area contributed by atoms with Crippen molar-refractivity contribution in [2.75, 3.05) is 23.7 Å². The maximum Gasteiger partial charge on any atom is 0.341 e. The van der Waals surface area contributed by atoms with E-state index in [1.807, 2.05) is 37.3 Å². The Morgan fingerprint density at radius 1 is 1.16 bits per heavy atom. The molecule has 4 atom stereocenters. The van der Waals surface area contributed by atoms with Crippen molar-refractivity contribution in [1.82, 2.24) is 0 Å². The number of carbonyl (C=O) groups is 3. The number of esters is 1. The van der Waals surface area contributed by atoms with E-state index in [1.54, 1.807) is 17.2 Å². The highest BCUT2D eigenvalue weighted by molar-refractivity contribution is 9.10. The van der Waals surface area contributed by atoms with E-state index in [9.17, 15) is 19.5 Å². The molecule has 2 saturated heterocycles. The standard InChI is InChI=1S/C33H35BrN2O7S/c1-6-42-22-15-17(14-21(34)27(22)37)26-25-28(43-36(26)19-10-8-7-9-11-19)30(39)35(29(25)38)31-24(32(40)41-5)20-13-12-18(33(2,3)4)16-23(20)44-31/h7-11,14-15,18,25-26,28,37H,6,12-13,16H2,1-5H3/t18-,25+,26+,28+/m0/s1. The highest BCUT2D eigenvalue weighted by Gasteiger charge is 2.61. The number of phenolic OH excluding ortho intramolecular Hbond substituents is 1. The number of ether oxygens (including phenoxy) is 2. The van der Waals surface area contributed by atoms with Gasteiger partial charge < -0.3 is 14.6 Å². The number of hydroxylamine groups is 1. The summed E-state index contributed by atoms with van der Waals surface area (Å²) in [5.74, 6) is -1.89. The number of fused-ring (bicyclic) bond motifs is 2. The number of para-hydroxylation sites is 1. The second-order valence-corrected chi connectivity index (χ2v) is 14.4. The van der Waals surface area contributed by atoms with Gasteiger partial charge in [0, 0.05) is 4.88 Å². The molecule has 1 aromatic heterocycles. The number of aromatic hydroxyl groups is 1. The van der Waals surface area contributed by atoms with E-state index >= 15 is 0 Å². The molecule has 6 rings (SSSR count). The molecule has 0 bridgehead atoms. The van der Waals surface area contributed by atoms with Crippen LogP contribution in [0.2, 0.25) is 0 Å². The van der Waals surface area contributed by atoms with Crippen LogP contribution in [-0.2, 0) is 32.0 Å². The molecule has 2 aromatic carbocycles. The number of halogens is 1. The van der Waals surface area contributed by atoms with E-state index in [4.69, 9.17) is 14.3 Å². The molecule has 2 fully saturated rings. The Bertz CT molecular complexity index is 1630. The van der Waals surface area contributed by atoms with Gasteiger partial charge in [-0.3, -0.25) is 14.4 Å². The van der Waals surface area contributed by atoms with Crippen LogP contribution >= 0.6 is 27.3 Å². The Labute approximate surface area is 268 Å². The average Bonchev–Trinajstić information content (AvgIpc) is 3.64. The number of imide groups is 1. The summed E-state index contributed by atoms with van der Waals surface area (Å²) in [6, 6.07) is 11.9. The molecule has 3 aromatic rings. The molecule has 0 saturated carbocycles. The Morgan fingerprint density at radius 3 is 2.55 bits per heavy atom. The SMILES string of the molecule is CCOc1cc([C@@H]2[C@H]3C(=O)N(c4sc5c(c4C(=O)OC)CC[C@H](C(C)(C)C)C5)C(=O)[C@@H]3ON2c2ccccc2)cc(Br)c1O. The van der Waals surface area contributed by atoms with Crippen molar-refractivity contribution in [3.8, 4) is 11.5 Å². The number of anilines is 2. The maximum absolute atomic E-state index is 14.5. The van der Waals surface area contributed by atoms with Gasteiger partial charge in [0.25, 0.3) is 5.91 Å². The third-order valence-corrected chi connectivity index (χ3v) is 10.7. The van der Waals surface area contributed by atoms with Gasteiger partial charge in [-0.2, -0.15) is 0 Å². The van der Waals surface area contributed by atoms with E-state index < -0.39 is 35.8 Å². The number of carbonyl (C=O) groups excluding carboxylic acids is 3. The van der Waals surface area contributed by atoms with Crippen LogP contribution < -0.4 is 14.7 Å². The topological polar surface area (TPSA) is 106 Å². The molecule has 232 valence electrons. The zero-order valence-electron chi connectivity index (χ0n) is 25.3. The number of phenols is 1. The van der Waals surface area contributed by atoms with Gasteiger partial charge in [0.1, 0.15) is 10.9 Å². The maximum atomic E-state index is 14.5. The molecule has 0 spiro atoms.